The summed E-state index contributed by atoms with van der Waals surface area (Å²) in [5.74, 6) is 0. The van der Waals surface area contributed by atoms with Crippen LogP contribution in [0.15, 0.2) is 28.7 Å². The van der Waals surface area contributed by atoms with Gasteiger partial charge in [0, 0.05) is 15.8 Å². The zero-order chi connectivity index (χ0) is 13.3. The van der Waals surface area contributed by atoms with Gasteiger partial charge in [-0.3, -0.25) is 4.79 Å². The number of nitrogens with one attached hydrogen (secondary N) is 1. The van der Waals surface area contributed by atoms with Gasteiger partial charge in [-0.05, 0) is 39.2 Å². The number of carbonyl (C=O) groups is 1. The van der Waals surface area contributed by atoms with Crippen LogP contribution in [0.5, 0.6) is 0 Å². The fourth-order valence-corrected chi connectivity index (χ4v) is 1.38. The maximum absolute atomic E-state index is 9.85. The van der Waals surface area contributed by atoms with Crippen LogP contribution >= 0.6 is 27.7 Å². The molecule has 0 saturated carbocycles. The summed E-state index contributed by atoms with van der Waals surface area (Å²) in [6, 6.07) is 8.22. The molecule has 96 valence electrons. The van der Waals surface area contributed by atoms with Gasteiger partial charge in [0.1, 0.15) is 0 Å². The number of amides is 1. The average Bonchev–Trinajstić information content (AvgIpc) is 2.31. The number of hydrogen-bond acceptors (Lipinski definition) is 2. The molecule has 1 N–H and O–H groups in total. The number of thioether (sulfide) groups is 1. The van der Waals surface area contributed by atoms with Gasteiger partial charge in [0.05, 0.1) is 0 Å². The molecule has 0 bridgehead atoms. The van der Waals surface area contributed by atoms with Crippen molar-refractivity contribution in [2.24, 2.45) is 0 Å². The Bertz CT molecular complexity index is 304. The van der Waals surface area contributed by atoms with E-state index in [0.717, 1.165) is 17.4 Å². The molecule has 17 heavy (non-hydrogen) atoms. The molecule has 0 aliphatic rings. The van der Waals surface area contributed by atoms with Gasteiger partial charge < -0.3 is 5.32 Å². The van der Waals surface area contributed by atoms with Crippen LogP contribution in [0.25, 0.3) is 0 Å². The summed E-state index contributed by atoms with van der Waals surface area (Å²) in [4.78, 5) is 9.85. The lowest BCUT2D eigenvalue weighted by molar-refractivity contribution is -0.109. The number of hydrogen-bond donors (Lipinski definition) is 1. The monoisotopic (exact) mass is 317 g/mol. The van der Waals surface area contributed by atoms with Crippen molar-refractivity contribution < 1.29 is 4.79 Å². The van der Waals surface area contributed by atoms with E-state index in [1.54, 1.807) is 11.8 Å². The SMILES string of the molecule is CSC(C)(C)CNC=O.Cc1ccc(Br)cc1. The Morgan fingerprint density at radius 3 is 2.24 bits per heavy atom. The molecule has 0 spiro atoms. The highest BCUT2D eigenvalue weighted by molar-refractivity contribution is 9.10. The van der Waals surface area contributed by atoms with Crippen molar-refractivity contribution in [1.82, 2.24) is 5.32 Å². The van der Waals surface area contributed by atoms with Crippen molar-refractivity contribution in [2.75, 3.05) is 12.8 Å². The van der Waals surface area contributed by atoms with E-state index in [1.165, 1.54) is 5.56 Å². The topological polar surface area (TPSA) is 29.1 Å². The van der Waals surface area contributed by atoms with E-state index in [9.17, 15) is 4.79 Å². The van der Waals surface area contributed by atoms with Gasteiger partial charge >= 0.3 is 0 Å². The molecule has 1 rings (SSSR count). The van der Waals surface area contributed by atoms with Gasteiger partial charge in [-0.15, -0.1) is 0 Å². The van der Waals surface area contributed by atoms with E-state index < -0.39 is 0 Å². The first-order valence-corrected chi connectivity index (χ1v) is 7.37. The maximum atomic E-state index is 9.85. The van der Waals surface area contributed by atoms with Crippen molar-refractivity contribution >= 4 is 34.1 Å². The number of aryl methyl sites for hydroxylation is 1. The summed E-state index contributed by atoms with van der Waals surface area (Å²) in [6.45, 7) is 6.99. The molecule has 1 aromatic rings. The molecule has 0 aliphatic heterocycles. The molecule has 0 unspecified atom stereocenters. The molecule has 4 heteroatoms. The van der Waals surface area contributed by atoms with Gasteiger partial charge in [-0.1, -0.05) is 33.6 Å². The fraction of sp³-hybridized carbons (Fsp3) is 0.462. The van der Waals surface area contributed by atoms with E-state index in [-0.39, 0.29) is 4.75 Å². The Morgan fingerprint density at radius 2 is 1.88 bits per heavy atom. The van der Waals surface area contributed by atoms with E-state index in [1.807, 2.05) is 18.4 Å². The molecule has 0 fully saturated rings. The lowest BCUT2D eigenvalue weighted by Crippen LogP contribution is -2.30. The number of rotatable bonds is 4. The predicted octanol–water partition coefficient (Wildman–Crippen LogP) is 3.63. The van der Waals surface area contributed by atoms with Gasteiger partial charge in [-0.25, -0.2) is 0 Å². The summed E-state index contributed by atoms with van der Waals surface area (Å²) < 4.78 is 1.31. The second kappa shape index (κ2) is 8.59. The Kier molecular flexibility index (Phi) is 8.35. The van der Waals surface area contributed by atoms with Crippen LogP contribution in [0.2, 0.25) is 0 Å². The van der Waals surface area contributed by atoms with Crippen LogP contribution in [-0.2, 0) is 4.79 Å². The minimum atomic E-state index is 0.168. The molecule has 0 radical (unpaired) electrons. The maximum Gasteiger partial charge on any atom is 0.207 e. The first-order valence-electron chi connectivity index (χ1n) is 5.35. The first kappa shape index (κ1) is 16.5. The van der Waals surface area contributed by atoms with Gasteiger partial charge in [-0.2, -0.15) is 11.8 Å². The molecule has 0 atom stereocenters. The minimum Gasteiger partial charge on any atom is -0.357 e. The van der Waals surface area contributed by atoms with Crippen LogP contribution in [-0.4, -0.2) is 24.0 Å². The van der Waals surface area contributed by atoms with Crippen LogP contribution in [0, 0.1) is 6.92 Å². The van der Waals surface area contributed by atoms with Crippen molar-refractivity contribution in [3.8, 4) is 0 Å². The highest BCUT2D eigenvalue weighted by Crippen LogP contribution is 2.18. The third-order valence-corrected chi connectivity index (χ3v) is 3.95. The van der Waals surface area contributed by atoms with Crippen LogP contribution < -0.4 is 5.32 Å². The van der Waals surface area contributed by atoms with Crippen molar-refractivity contribution in [2.45, 2.75) is 25.5 Å². The Hall–Kier alpha value is -0.480. The second-order valence-corrected chi connectivity index (χ2v) is 6.69. The standard InChI is InChI=1S/C7H7Br.C6H13NOS/c1-6-2-4-7(8)5-3-6;1-6(2,9-3)4-7-5-8/h2-5H,1H3;5H,4H2,1-3H3,(H,7,8). The quantitative estimate of drug-likeness (QED) is 0.859. The van der Waals surface area contributed by atoms with Gasteiger partial charge in [0.15, 0.2) is 0 Å². The van der Waals surface area contributed by atoms with Crippen LogP contribution in [0.4, 0.5) is 0 Å². The third kappa shape index (κ3) is 9.24. The van der Waals surface area contributed by atoms with Crippen molar-refractivity contribution in [1.29, 1.82) is 0 Å². The molecule has 0 aliphatic carbocycles. The summed E-state index contributed by atoms with van der Waals surface area (Å²) in [7, 11) is 0. The van der Waals surface area contributed by atoms with E-state index in [4.69, 9.17) is 0 Å². The van der Waals surface area contributed by atoms with E-state index in [0.29, 0.717) is 0 Å². The summed E-state index contributed by atoms with van der Waals surface area (Å²) >= 11 is 5.09. The summed E-state index contributed by atoms with van der Waals surface area (Å²) in [5, 5.41) is 2.64. The fourth-order valence-electron chi connectivity index (χ4n) is 0.893. The smallest absolute Gasteiger partial charge is 0.207 e. The molecule has 2 nitrogen and oxygen atoms in total. The highest BCUT2D eigenvalue weighted by atomic mass is 79.9. The number of halogens is 1. The Balaban J connectivity index is 0.000000302. The number of benzene rings is 1. The van der Waals surface area contributed by atoms with Crippen molar-refractivity contribution in [3.63, 3.8) is 0 Å². The zero-order valence-corrected chi connectivity index (χ0v) is 13.2. The average molecular weight is 318 g/mol. The molecule has 0 saturated heterocycles. The van der Waals surface area contributed by atoms with Crippen molar-refractivity contribution in [3.05, 3.63) is 34.3 Å². The van der Waals surface area contributed by atoms with Crippen LogP contribution in [0.1, 0.15) is 19.4 Å². The summed E-state index contributed by atoms with van der Waals surface area (Å²) in [6.07, 6.45) is 2.77. The minimum absolute atomic E-state index is 0.168. The van der Waals surface area contributed by atoms with E-state index >= 15 is 0 Å². The molecule has 0 aromatic heterocycles. The van der Waals surface area contributed by atoms with Gasteiger partial charge in [0.25, 0.3) is 0 Å². The molecule has 0 heterocycles. The Labute approximate surface area is 117 Å². The van der Waals surface area contributed by atoms with Crippen LogP contribution in [0.3, 0.4) is 0 Å². The molecular formula is C13H20BrNOS. The normalized spacial score (nSPS) is 10.2. The largest absolute Gasteiger partial charge is 0.357 e. The number of carbonyl (C=O) groups excluding carboxylic acids is 1. The lowest BCUT2D eigenvalue weighted by atomic mass is 10.2. The lowest BCUT2D eigenvalue weighted by Gasteiger charge is -2.20. The zero-order valence-electron chi connectivity index (χ0n) is 10.8. The molecule has 1 aromatic carbocycles. The third-order valence-electron chi connectivity index (χ3n) is 2.17. The predicted molar refractivity (Wildman–Crippen MR) is 80.5 cm³/mol. The van der Waals surface area contributed by atoms with Gasteiger partial charge in [0.2, 0.25) is 6.41 Å². The Morgan fingerprint density at radius 1 is 1.35 bits per heavy atom. The van der Waals surface area contributed by atoms with E-state index in [2.05, 4.69) is 54.2 Å². The first-order chi connectivity index (χ1) is 7.91. The molecule has 1 amide bonds. The second-order valence-electron chi connectivity index (χ2n) is 4.26. The molecular weight excluding hydrogens is 298 g/mol. The highest BCUT2D eigenvalue weighted by Gasteiger charge is 2.13. The summed E-state index contributed by atoms with van der Waals surface area (Å²) in [5.41, 5.74) is 1.30.